The zero-order chi connectivity index (χ0) is 33.3. The van der Waals surface area contributed by atoms with Gasteiger partial charge in [0.25, 0.3) is 5.91 Å². The van der Waals surface area contributed by atoms with E-state index in [1.54, 1.807) is 34.6 Å². The minimum absolute atomic E-state index is 0.00357. The summed E-state index contributed by atoms with van der Waals surface area (Å²) in [5, 5.41) is 2.53. The lowest BCUT2D eigenvalue weighted by atomic mass is 9.97. The molecule has 0 bridgehead atoms. The van der Waals surface area contributed by atoms with Gasteiger partial charge in [-0.3, -0.25) is 9.59 Å². The number of piperidine rings is 1. The molecule has 2 aliphatic heterocycles. The summed E-state index contributed by atoms with van der Waals surface area (Å²) in [4.78, 5) is 57.2. The number of carbonyl (C=O) groups excluding carboxylic acids is 4. The van der Waals surface area contributed by atoms with Gasteiger partial charge >= 0.3 is 18.4 Å². The molecule has 3 aliphatic rings. The normalized spacial score (nSPS) is 19.9. The average Bonchev–Trinajstić information content (AvgIpc) is 3.42. The molecule has 1 aromatic carbocycles. The number of alkyl halides is 3. The summed E-state index contributed by atoms with van der Waals surface area (Å²) in [5.41, 5.74) is -2.16. The van der Waals surface area contributed by atoms with Crippen LogP contribution in [0, 0.1) is 0 Å². The van der Waals surface area contributed by atoms with Crippen molar-refractivity contribution in [3.8, 4) is 0 Å². The Balaban J connectivity index is 1.74. The smallest absolute Gasteiger partial charge is 0.417 e. The lowest BCUT2D eigenvalue weighted by Crippen LogP contribution is -2.55. The van der Waals surface area contributed by atoms with E-state index in [4.69, 9.17) is 4.74 Å². The lowest BCUT2D eigenvalue weighted by molar-refractivity contribution is -0.138. The predicted molar refractivity (Wildman–Crippen MR) is 163 cm³/mol. The Labute approximate surface area is 266 Å². The van der Waals surface area contributed by atoms with E-state index >= 15 is 0 Å². The van der Waals surface area contributed by atoms with Gasteiger partial charge in [-0.1, -0.05) is 12.8 Å². The average molecular weight is 657 g/mol. The summed E-state index contributed by atoms with van der Waals surface area (Å²) >= 11 is 1.14. The highest BCUT2D eigenvalue weighted by atomic mass is 32.2. The van der Waals surface area contributed by atoms with E-state index in [9.17, 15) is 32.3 Å². The Hall–Kier alpha value is -3.16. The molecule has 1 aromatic rings. The number of alkyl carbamates (subject to hydrolysis) is 1. The van der Waals surface area contributed by atoms with Crippen molar-refractivity contribution in [1.29, 1.82) is 0 Å². The summed E-state index contributed by atoms with van der Waals surface area (Å²) < 4.78 is 53.3. The Kier molecular flexibility index (Phi) is 10.3. The molecule has 45 heavy (non-hydrogen) atoms. The maximum Gasteiger partial charge on any atom is 0.417 e. The van der Waals surface area contributed by atoms with Gasteiger partial charge in [0.2, 0.25) is 5.91 Å². The molecule has 2 fully saturated rings. The first kappa shape index (κ1) is 34.7. The first-order chi connectivity index (χ1) is 21.0. The third-order valence-corrected chi connectivity index (χ3v) is 9.82. The number of hydrogen-bond donors (Lipinski definition) is 1. The second-order valence-electron chi connectivity index (χ2n) is 13.1. The molecular formula is C31H43F3N4O6S. The number of rotatable bonds is 6. The monoisotopic (exact) mass is 656 g/mol. The van der Waals surface area contributed by atoms with Crippen LogP contribution in [0.1, 0.15) is 89.1 Å². The first-order valence-electron chi connectivity index (χ1n) is 15.4. The quantitative estimate of drug-likeness (QED) is 0.397. The number of fused-ring (bicyclic) bond motifs is 1. The fraction of sp³-hybridized carbons (Fsp3) is 0.677. The molecular weight excluding hydrogens is 613 g/mol. The molecule has 0 radical (unpaired) electrons. The molecule has 1 saturated carbocycles. The lowest BCUT2D eigenvalue weighted by Gasteiger charge is -2.43. The molecule has 1 N–H and O–H groups in total. The molecule has 10 nitrogen and oxygen atoms in total. The Morgan fingerprint density at radius 3 is 2.38 bits per heavy atom. The number of methoxy groups -OCH3 is 1. The Bertz CT molecular complexity index is 1310. The van der Waals surface area contributed by atoms with E-state index in [1.807, 2.05) is 0 Å². The largest absolute Gasteiger partial charge is 0.453 e. The third kappa shape index (κ3) is 7.63. The van der Waals surface area contributed by atoms with Crippen molar-refractivity contribution < 1.29 is 41.8 Å². The second kappa shape index (κ2) is 13.3. The predicted octanol–water partition coefficient (Wildman–Crippen LogP) is 6.06. The van der Waals surface area contributed by atoms with Gasteiger partial charge in [-0.2, -0.15) is 13.2 Å². The van der Waals surface area contributed by atoms with Crippen LogP contribution in [0.3, 0.4) is 0 Å². The second-order valence-corrected chi connectivity index (χ2v) is 14.5. The third-order valence-electron chi connectivity index (χ3n) is 8.30. The summed E-state index contributed by atoms with van der Waals surface area (Å²) in [6, 6.07) is 1.13. The van der Waals surface area contributed by atoms with Gasteiger partial charge in [0.1, 0.15) is 5.60 Å². The minimum atomic E-state index is -4.85. The Morgan fingerprint density at radius 1 is 1.13 bits per heavy atom. The number of nitrogens with one attached hydrogen (secondary N) is 1. The zero-order valence-electron chi connectivity index (χ0n) is 26.7. The molecule has 250 valence electrons. The van der Waals surface area contributed by atoms with Crippen LogP contribution in [0.25, 0.3) is 0 Å². The zero-order valence-corrected chi connectivity index (χ0v) is 27.5. The van der Waals surface area contributed by atoms with Gasteiger partial charge in [-0.05, 0) is 72.4 Å². The highest BCUT2D eigenvalue weighted by Crippen LogP contribution is 2.54. The van der Waals surface area contributed by atoms with Crippen LogP contribution in [0.2, 0.25) is 0 Å². The molecule has 1 saturated heterocycles. The number of hydrogen-bond acceptors (Lipinski definition) is 7. The molecule has 4 rings (SSSR count). The maximum atomic E-state index is 14.7. The molecule has 2 heterocycles. The number of anilines is 1. The molecule has 0 aromatic heterocycles. The number of thioether (sulfide) groups is 1. The van der Waals surface area contributed by atoms with E-state index in [1.165, 1.54) is 27.9 Å². The molecule has 14 heteroatoms. The summed E-state index contributed by atoms with van der Waals surface area (Å²) in [5.74, 6) is -1.08. The number of nitrogens with zero attached hydrogens (tertiary/aromatic N) is 3. The van der Waals surface area contributed by atoms with E-state index in [2.05, 4.69) is 10.1 Å². The van der Waals surface area contributed by atoms with Crippen LogP contribution in [-0.4, -0.2) is 89.5 Å². The number of likely N-dealkylation sites (tertiary alicyclic amines) is 1. The van der Waals surface area contributed by atoms with E-state index in [0.717, 1.165) is 30.7 Å². The fourth-order valence-electron chi connectivity index (χ4n) is 6.34. The van der Waals surface area contributed by atoms with Crippen molar-refractivity contribution in [2.45, 2.75) is 107 Å². The summed E-state index contributed by atoms with van der Waals surface area (Å²) in [6.07, 6.45) is -2.45. The van der Waals surface area contributed by atoms with Crippen LogP contribution in [-0.2, 0) is 20.4 Å². The van der Waals surface area contributed by atoms with Crippen molar-refractivity contribution in [1.82, 2.24) is 15.1 Å². The van der Waals surface area contributed by atoms with E-state index in [0.29, 0.717) is 32.2 Å². The van der Waals surface area contributed by atoms with Crippen molar-refractivity contribution in [3.63, 3.8) is 0 Å². The van der Waals surface area contributed by atoms with Gasteiger partial charge in [0.05, 0.1) is 34.7 Å². The standard InChI is InChI=1S/C31H43F3N4O6S/c1-19(2)38(20-10-9-14-36(18-20)28(42)44-29(3,4)5)25(39)21-16-23-24(17-22(21)31(32,33)34)45-30(11-7-8-12-30)26(40)37(23)15-13-35-27(41)43-6/h16-17,19-20H,7-15,18H2,1-6H3,(H,35,41). The summed E-state index contributed by atoms with van der Waals surface area (Å²) in [7, 11) is 1.21. The van der Waals surface area contributed by atoms with Crippen LogP contribution in [0.5, 0.6) is 0 Å². The molecule has 1 unspecified atom stereocenters. The van der Waals surface area contributed by atoms with Crippen LogP contribution in [0.15, 0.2) is 17.0 Å². The number of benzene rings is 1. The van der Waals surface area contributed by atoms with Crippen LogP contribution >= 0.6 is 11.8 Å². The van der Waals surface area contributed by atoms with E-state index < -0.39 is 57.8 Å². The first-order valence-corrected chi connectivity index (χ1v) is 16.2. The highest BCUT2D eigenvalue weighted by molar-refractivity contribution is 8.01. The Morgan fingerprint density at radius 2 is 1.80 bits per heavy atom. The minimum Gasteiger partial charge on any atom is -0.453 e. The van der Waals surface area contributed by atoms with Crippen molar-refractivity contribution in [3.05, 3.63) is 23.3 Å². The van der Waals surface area contributed by atoms with Crippen molar-refractivity contribution in [2.24, 2.45) is 0 Å². The SMILES string of the molecule is COC(=O)NCCN1C(=O)C2(CCCC2)Sc2cc(C(F)(F)F)c(C(=O)N(C(C)C)C3CCCN(C(=O)OC(C)(C)C)C3)cc21. The van der Waals surface area contributed by atoms with Crippen molar-refractivity contribution >= 4 is 41.5 Å². The summed E-state index contributed by atoms with van der Waals surface area (Å²) in [6.45, 7) is 9.22. The van der Waals surface area contributed by atoms with Crippen LogP contribution < -0.4 is 10.2 Å². The van der Waals surface area contributed by atoms with Gasteiger partial charge in [-0.15, -0.1) is 11.8 Å². The van der Waals surface area contributed by atoms with Crippen molar-refractivity contribution in [2.75, 3.05) is 38.2 Å². The van der Waals surface area contributed by atoms with Gasteiger partial charge < -0.3 is 29.5 Å². The van der Waals surface area contributed by atoms with E-state index in [-0.39, 0.29) is 36.1 Å². The number of amides is 4. The van der Waals surface area contributed by atoms with Gasteiger partial charge in [0, 0.05) is 37.1 Å². The van der Waals surface area contributed by atoms with Gasteiger partial charge in [0.15, 0.2) is 0 Å². The fourth-order valence-corrected chi connectivity index (χ4v) is 7.90. The molecule has 1 atom stereocenters. The molecule has 4 amide bonds. The van der Waals surface area contributed by atoms with Gasteiger partial charge in [-0.25, -0.2) is 9.59 Å². The maximum absolute atomic E-state index is 14.7. The number of ether oxygens (including phenoxy) is 2. The number of carbonyl (C=O) groups is 4. The molecule has 1 aliphatic carbocycles. The number of halogens is 3. The van der Waals surface area contributed by atoms with Crippen LogP contribution in [0.4, 0.5) is 28.4 Å². The topological polar surface area (TPSA) is 108 Å². The molecule has 1 spiro atoms. The highest BCUT2D eigenvalue weighted by Gasteiger charge is 2.50.